The molecule has 0 aromatic rings. The van der Waals surface area contributed by atoms with E-state index in [0.29, 0.717) is 0 Å². The molecule has 2 aliphatic rings. The Morgan fingerprint density at radius 3 is 2.85 bits per heavy atom. The molecule has 2 saturated heterocycles. The molecule has 2 heteroatoms. The number of rotatable bonds is 1. The first-order chi connectivity index (χ1) is 6.29. The quantitative estimate of drug-likeness (QED) is 0.660. The Kier molecular flexibility index (Phi) is 2.89. The lowest BCUT2D eigenvalue weighted by atomic mass is 9.92. The SMILES string of the molecule is CC(C)C1CNCC2CCCCN21. The van der Waals surface area contributed by atoms with Crippen LogP contribution < -0.4 is 5.32 Å². The van der Waals surface area contributed by atoms with Crippen molar-refractivity contribution in [3.63, 3.8) is 0 Å². The molecule has 2 heterocycles. The molecule has 2 nitrogen and oxygen atoms in total. The van der Waals surface area contributed by atoms with Gasteiger partial charge in [-0.15, -0.1) is 0 Å². The van der Waals surface area contributed by atoms with Crippen molar-refractivity contribution in [1.82, 2.24) is 10.2 Å². The van der Waals surface area contributed by atoms with Gasteiger partial charge in [-0.05, 0) is 25.3 Å². The van der Waals surface area contributed by atoms with Gasteiger partial charge in [0.1, 0.15) is 0 Å². The average molecular weight is 182 g/mol. The van der Waals surface area contributed by atoms with Crippen molar-refractivity contribution in [2.75, 3.05) is 19.6 Å². The molecule has 0 aliphatic carbocycles. The average Bonchev–Trinajstić information content (AvgIpc) is 2.17. The monoisotopic (exact) mass is 182 g/mol. The maximum absolute atomic E-state index is 3.57. The minimum atomic E-state index is 0.791. The van der Waals surface area contributed by atoms with Gasteiger partial charge in [0, 0.05) is 25.2 Å². The zero-order valence-corrected chi connectivity index (χ0v) is 8.92. The molecule has 0 spiro atoms. The van der Waals surface area contributed by atoms with E-state index in [2.05, 4.69) is 24.1 Å². The van der Waals surface area contributed by atoms with Gasteiger partial charge in [-0.3, -0.25) is 4.90 Å². The molecule has 0 bridgehead atoms. The van der Waals surface area contributed by atoms with Crippen molar-refractivity contribution < 1.29 is 0 Å². The van der Waals surface area contributed by atoms with Crippen molar-refractivity contribution in [1.29, 1.82) is 0 Å². The van der Waals surface area contributed by atoms with Crippen LogP contribution in [0.2, 0.25) is 0 Å². The molecule has 2 fully saturated rings. The molecule has 0 radical (unpaired) electrons. The summed E-state index contributed by atoms with van der Waals surface area (Å²) in [7, 11) is 0. The van der Waals surface area contributed by atoms with Crippen LogP contribution in [-0.2, 0) is 0 Å². The molecule has 0 amide bonds. The van der Waals surface area contributed by atoms with Gasteiger partial charge in [0.15, 0.2) is 0 Å². The van der Waals surface area contributed by atoms with E-state index in [1.165, 1.54) is 38.9 Å². The minimum absolute atomic E-state index is 0.791. The molecular weight excluding hydrogens is 160 g/mol. The highest BCUT2D eigenvalue weighted by Gasteiger charge is 2.33. The van der Waals surface area contributed by atoms with Crippen molar-refractivity contribution in [3.8, 4) is 0 Å². The predicted octanol–water partition coefficient (Wildman–Crippen LogP) is 1.47. The first kappa shape index (κ1) is 9.47. The third-order valence-electron chi connectivity index (χ3n) is 3.60. The zero-order valence-electron chi connectivity index (χ0n) is 8.92. The molecular formula is C11H22N2. The number of fused-ring (bicyclic) bond motifs is 1. The first-order valence-electron chi connectivity index (χ1n) is 5.75. The van der Waals surface area contributed by atoms with E-state index < -0.39 is 0 Å². The number of nitrogens with zero attached hydrogens (tertiary/aromatic N) is 1. The van der Waals surface area contributed by atoms with Crippen LogP contribution in [0.25, 0.3) is 0 Å². The summed E-state index contributed by atoms with van der Waals surface area (Å²) in [6.45, 7) is 8.47. The van der Waals surface area contributed by atoms with Gasteiger partial charge in [0.25, 0.3) is 0 Å². The van der Waals surface area contributed by atoms with Crippen LogP contribution in [0.3, 0.4) is 0 Å². The van der Waals surface area contributed by atoms with Gasteiger partial charge in [-0.2, -0.15) is 0 Å². The molecule has 13 heavy (non-hydrogen) atoms. The first-order valence-corrected chi connectivity index (χ1v) is 5.75. The number of nitrogens with one attached hydrogen (secondary N) is 1. The smallest absolute Gasteiger partial charge is 0.0247 e. The van der Waals surface area contributed by atoms with E-state index in [9.17, 15) is 0 Å². The fourth-order valence-electron chi connectivity index (χ4n) is 2.81. The van der Waals surface area contributed by atoms with Crippen LogP contribution in [0.4, 0.5) is 0 Å². The normalized spacial score (nSPS) is 36.2. The van der Waals surface area contributed by atoms with Crippen molar-refractivity contribution in [3.05, 3.63) is 0 Å². The maximum Gasteiger partial charge on any atom is 0.0247 e. The van der Waals surface area contributed by atoms with Crippen LogP contribution in [0, 0.1) is 5.92 Å². The second-order valence-corrected chi connectivity index (χ2v) is 4.86. The molecule has 0 saturated carbocycles. The molecule has 2 rings (SSSR count). The highest BCUT2D eigenvalue weighted by molar-refractivity contribution is 4.90. The summed E-state index contributed by atoms with van der Waals surface area (Å²) in [5.41, 5.74) is 0. The van der Waals surface area contributed by atoms with Gasteiger partial charge in [0.2, 0.25) is 0 Å². The van der Waals surface area contributed by atoms with Gasteiger partial charge >= 0.3 is 0 Å². The molecule has 0 aromatic carbocycles. The zero-order chi connectivity index (χ0) is 9.26. The van der Waals surface area contributed by atoms with E-state index in [-0.39, 0.29) is 0 Å². The number of piperidine rings is 1. The topological polar surface area (TPSA) is 15.3 Å². The Morgan fingerprint density at radius 1 is 1.23 bits per heavy atom. The molecule has 76 valence electrons. The van der Waals surface area contributed by atoms with Gasteiger partial charge in [0.05, 0.1) is 0 Å². The highest BCUT2D eigenvalue weighted by atomic mass is 15.3. The van der Waals surface area contributed by atoms with Gasteiger partial charge in [-0.1, -0.05) is 20.3 Å². The molecule has 1 N–H and O–H groups in total. The second kappa shape index (κ2) is 3.97. The lowest BCUT2D eigenvalue weighted by molar-refractivity contribution is 0.0419. The highest BCUT2D eigenvalue weighted by Crippen LogP contribution is 2.24. The standard InChI is InChI=1S/C11H22N2/c1-9(2)11-8-12-7-10-5-3-4-6-13(10)11/h9-12H,3-8H2,1-2H3. The third kappa shape index (κ3) is 1.89. The minimum Gasteiger partial charge on any atom is -0.314 e. The lowest BCUT2D eigenvalue weighted by Gasteiger charge is -2.47. The van der Waals surface area contributed by atoms with Crippen LogP contribution in [-0.4, -0.2) is 36.6 Å². The Morgan fingerprint density at radius 2 is 2.08 bits per heavy atom. The maximum atomic E-state index is 3.57. The number of piperazine rings is 1. The van der Waals surface area contributed by atoms with Crippen LogP contribution in [0.15, 0.2) is 0 Å². The summed E-state index contributed by atoms with van der Waals surface area (Å²) in [6, 6.07) is 1.63. The third-order valence-corrected chi connectivity index (χ3v) is 3.60. The van der Waals surface area contributed by atoms with E-state index >= 15 is 0 Å². The largest absolute Gasteiger partial charge is 0.314 e. The lowest BCUT2D eigenvalue weighted by Crippen LogP contribution is -2.60. The van der Waals surface area contributed by atoms with E-state index in [4.69, 9.17) is 0 Å². The summed E-state index contributed by atoms with van der Waals surface area (Å²) < 4.78 is 0. The molecule has 2 aliphatic heterocycles. The Hall–Kier alpha value is -0.0800. The van der Waals surface area contributed by atoms with Crippen molar-refractivity contribution >= 4 is 0 Å². The fourth-order valence-corrected chi connectivity index (χ4v) is 2.81. The summed E-state index contributed by atoms with van der Waals surface area (Å²) in [5, 5.41) is 3.57. The molecule has 2 atom stereocenters. The summed E-state index contributed by atoms with van der Waals surface area (Å²) >= 11 is 0. The van der Waals surface area contributed by atoms with Crippen LogP contribution in [0.5, 0.6) is 0 Å². The van der Waals surface area contributed by atoms with Crippen molar-refractivity contribution in [2.24, 2.45) is 5.92 Å². The van der Waals surface area contributed by atoms with Crippen LogP contribution >= 0.6 is 0 Å². The Balaban J connectivity index is 2.02. The number of hydrogen-bond acceptors (Lipinski definition) is 2. The van der Waals surface area contributed by atoms with E-state index in [1.807, 2.05) is 0 Å². The van der Waals surface area contributed by atoms with E-state index in [1.54, 1.807) is 0 Å². The van der Waals surface area contributed by atoms with E-state index in [0.717, 1.165) is 18.0 Å². The predicted molar refractivity (Wildman–Crippen MR) is 55.8 cm³/mol. The Bertz CT molecular complexity index is 165. The fraction of sp³-hybridized carbons (Fsp3) is 1.00. The van der Waals surface area contributed by atoms with Crippen molar-refractivity contribution in [2.45, 2.75) is 45.2 Å². The summed E-state index contributed by atoms with van der Waals surface area (Å²) in [4.78, 5) is 2.75. The van der Waals surface area contributed by atoms with Gasteiger partial charge in [-0.25, -0.2) is 0 Å². The second-order valence-electron chi connectivity index (χ2n) is 4.86. The Labute approximate surface area is 81.7 Å². The number of hydrogen-bond donors (Lipinski definition) is 1. The molecule has 0 aromatic heterocycles. The molecule has 2 unspecified atom stereocenters. The van der Waals surface area contributed by atoms with Crippen LogP contribution in [0.1, 0.15) is 33.1 Å². The summed E-state index contributed by atoms with van der Waals surface area (Å²) in [6.07, 6.45) is 4.27. The van der Waals surface area contributed by atoms with Gasteiger partial charge < -0.3 is 5.32 Å². The summed E-state index contributed by atoms with van der Waals surface area (Å²) in [5.74, 6) is 0.799.